The number of nitrogens with two attached hydrogens (primary N) is 1. The lowest BCUT2D eigenvalue weighted by Crippen LogP contribution is -2.44. The Balaban J connectivity index is 2.01. The van der Waals surface area contributed by atoms with Crippen molar-refractivity contribution in [3.05, 3.63) is 24.3 Å². The van der Waals surface area contributed by atoms with Crippen LogP contribution in [0.3, 0.4) is 0 Å². The number of hydrogen-bond donors (Lipinski definition) is 2. The maximum Gasteiger partial charge on any atom is 0.231 e. The molecule has 110 valence electrons. The molecular formula is C16H24N2O2. The van der Waals surface area contributed by atoms with Gasteiger partial charge in [0.2, 0.25) is 5.91 Å². The van der Waals surface area contributed by atoms with Crippen LogP contribution in [0.2, 0.25) is 0 Å². The van der Waals surface area contributed by atoms with Crippen molar-refractivity contribution < 1.29 is 9.53 Å². The van der Waals surface area contributed by atoms with Crippen molar-refractivity contribution >= 4 is 11.6 Å². The third-order valence-corrected chi connectivity index (χ3v) is 4.03. The van der Waals surface area contributed by atoms with Gasteiger partial charge in [0.05, 0.1) is 11.5 Å². The van der Waals surface area contributed by atoms with Crippen LogP contribution in [0.4, 0.5) is 5.69 Å². The first kappa shape index (κ1) is 14.9. The second kappa shape index (κ2) is 5.83. The van der Waals surface area contributed by atoms with Crippen LogP contribution in [0.5, 0.6) is 5.75 Å². The average molecular weight is 276 g/mol. The van der Waals surface area contributed by atoms with Crippen molar-refractivity contribution in [2.75, 3.05) is 5.32 Å². The average Bonchev–Trinajstić information content (AvgIpc) is 2.73. The van der Waals surface area contributed by atoms with Crippen molar-refractivity contribution in [2.45, 2.75) is 52.2 Å². The van der Waals surface area contributed by atoms with E-state index >= 15 is 0 Å². The smallest absolute Gasteiger partial charge is 0.231 e. The summed E-state index contributed by atoms with van der Waals surface area (Å²) in [6.07, 6.45) is 2.94. The van der Waals surface area contributed by atoms with Gasteiger partial charge >= 0.3 is 0 Å². The minimum Gasteiger partial charge on any atom is -0.491 e. The molecule has 2 unspecified atom stereocenters. The summed E-state index contributed by atoms with van der Waals surface area (Å²) in [5.74, 6) is 0.821. The molecule has 0 aromatic heterocycles. The van der Waals surface area contributed by atoms with Gasteiger partial charge < -0.3 is 15.8 Å². The Labute approximate surface area is 120 Å². The Hall–Kier alpha value is -1.55. The van der Waals surface area contributed by atoms with Gasteiger partial charge in [-0.05, 0) is 57.9 Å². The zero-order valence-electron chi connectivity index (χ0n) is 12.5. The number of carbonyl (C=O) groups excluding carboxylic acids is 1. The summed E-state index contributed by atoms with van der Waals surface area (Å²) >= 11 is 0. The molecule has 0 aliphatic heterocycles. The first-order chi connectivity index (χ1) is 9.41. The van der Waals surface area contributed by atoms with Crippen LogP contribution in [0.25, 0.3) is 0 Å². The second-order valence-electron chi connectivity index (χ2n) is 6.06. The first-order valence-electron chi connectivity index (χ1n) is 7.25. The lowest BCUT2D eigenvalue weighted by atomic mass is 9.84. The summed E-state index contributed by atoms with van der Waals surface area (Å²) in [5.41, 5.74) is 6.40. The molecule has 4 nitrogen and oxygen atoms in total. The number of nitrogens with one attached hydrogen (secondary N) is 1. The fraction of sp³-hybridized carbons (Fsp3) is 0.562. The Kier molecular flexibility index (Phi) is 4.33. The Bertz CT molecular complexity index is 470. The normalized spacial score (nSPS) is 25.8. The molecular weight excluding hydrogens is 252 g/mol. The van der Waals surface area contributed by atoms with E-state index in [2.05, 4.69) is 5.32 Å². The number of benzene rings is 1. The first-order valence-corrected chi connectivity index (χ1v) is 7.25. The Morgan fingerprint density at radius 2 is 2.05 bits per heavy atom. The van der Waals surface area contributed by atoms with Crippen molar-refractivity contribution in [2.24, 2.45) is 11.1 Å². The molecule has 2 atom stereocenters. The van der Waals surface area contributed by atoms with Crippen LogP contribution in [0.1, 0.15) is 40.0 Å². The van der Waals surface area contributed by atoms with Crippen molar-refractivity contribution in [3.63, 3.8) is 0 Å². The molecule has 0 heterocycles. The molecule has 20 heavy (non-hydrogen) atoms. The highest BCUT2D eigenvalue weighted by atomic mass is 16.5. The molecule has 1 fully saturated rings. The third-order valence-electron chi connectivity index (χ3n) is 4.03. The highest BCUT2D eigenvalue weighted by Gasteiger charge is 2.42. The van der Waals surface area contributed by atoms with Gasteiger partial charge in [0.1, 0.15) is 5.75 Å². The molecule has 4 heteroatoms. The Morgan fingerprint density at radius 1 is 1.40 bits per heavy atom. The quantitative estimate of drug-likeness (QED) is 0.888. The van der Waals surface area contributed by atoms with E-state index in [1.807, 2.05) is 45.0 Å². The monoisotopic (exact) mass is 276 g/mol. The predicted octanol–water partition coefficient (Wildman–Crippen LogP) is 2.93. The molecule has 1 aromatic rings. The minimum atomic E-state index is -0.451. The zero-order valence-corrected chi connectivity index (χ0v) is 12.5. The van der Waals surface area contributed by atoms with Gasteiger partial charge in [-0.2, -0.15) is 0 Å². The lowest BCUT2D eigenvalue weighted by molar-refractivity contribution is -0.125. The summed E-state index contributed by atoms with van der Waals surface area (Å²) in [4.78, 5) is 12.4. The highest BCUT2D eigenvalue weighted by molar-refractivity contribution is 5.95. The van der Waals surface area contributed by atoms with E-state index in [9.17, 15) is 4.79 Å². The molecule has 1 amide bonds. The van der Waals surface area contributed by atoms with Gasteiger partial charge in [0, 0.05) is 11.7 Å². The summed E-state index contributed by atoms with van der Waals surface area (Å²) in [6, 6.07) is 7.41. The van der Waals surface area contributed by atoms with E-state index < -0.39 is 5.41 Å². The molecule has 1 aliphatic carbocycles. The topological polar surface area (TPSA) is 64.3 Å². The molecule has 1 aliphatic rings. The van der Waals surface area contributed by atoms with E-state index in [0.29, 0.717) is 0 Å². The van der Waals surface area contributed by atoms with Crippen LogP contribution >= 0.6 is 0 Å². The number of ether oxygens (including phenoxy) is 1. The van der Waals surface area contributed by atoms with Gasteiger partial charge in [-0.15, -0.1) is 0 Å². The maximum atomic E-state index is 12.4. The molecule has 1 saturated carbocycles. The van der Waals surface area contributed by atoms with Crippen molar-refractivity contribution in [1.29, 1.82) is 0 Å². The van der Waals surface area contributed by atoms with E-state index in [1.165, 1.54) is 0 Å². The van der Waals surface area contributed by atoms with Crippen LogP contribution < -0.4 is 15.8 Å². The molecule has 0 radical (unpaired) electrons. The number of anilines is 1. The number of carbonyl (C=O) groups is 1. The Morgan fingerprint density at radius 3 is 2.55 bits per heavy atom. The summed E-state index contributed by atoms with van der Waals surface area (Å²) < 4.78 is 5.58. The second-order valence-corrected chi connectivity index (χ2v) is 6.06. The molecule has 2 rings (SSSR count). The van der Waals surface area contributed by atoms with Crippen molar-refractivity contribution in [3.8, 4) is 5.75 Å². The zero-order chi connectivity index (χ0) is 14.8. The molecule has 0 saturated heterocycles. The fourth-order valence-electron chi connectivity index (χ4n) is 2.64. The SMILES string of the molecule is CC(C)Oc1ccc(NC(=O)C2(C)CCCC2N)cc1. The predicted molar refractivity (Wildman–Crippen MR) is 80.8 cm³/mol. The lowest BCUT2D eigenvalue weighted by Gasteiger charge is -2.27. The largest absolute Gasteiger partial charge is 0.491 e. The van der Waals surface area contributed by atoms with Gasteiger partial charge in [-0.3, -0.25) is 4.79 Å². The van der Waals surface area contributed by atoms with E-state index in [4.69, 9.17) is 10.5 Å². The van der Waals surface area contributed by atoms with Gasteiger partial charge in [-0.25, -0.2) is 0 Å². The highest BCUT2D eigenvalue weighted by Crippen LogP contribution is 2.37. The van der Waals surface area contributed by atoms with Gasteiger partial charge in [0.15, 0.2) is 0 Å². The summed E-state index contributed by atoms with van der Waals surface area (Å²) in [6.45, 7) is 5.92. The van der Waals surface area contributed by atoms with Crippen LogP contribution in [-0.4, -0.2) is 18.1 Å². The van der Waals surface area contributed by atoms with E-state index in [1.54, 1.807) is 0 Å². The van der Waals surface area contributed by atoms with Crippen LogP contribution in [-0.2, 0) is 4.79 Å². The fourth-order valence-corrected chi connectivity index (χ4v) is 2.64. The van der Waals surface area contributed by atoms with Gasteiger partial charge in [0.25, 0.3) is 0 Å². The maximum absolute atomic E-state index is 12.4. The minimum absolute atomic E-state index is 0.0139. The van der Waals surface area contributed by atoms with Gasteiger partial charge in [-0.1, -0.05) is 6.42 Å². The molecule has 0 spiro atoms. The van der Waals surface area contributed by atoms with Crippen LogP contribution in [0, 0.1) is 5.41 Å². The number of amides is 1. The number of hydrogen-bond acceptors (Lipinski definition) is 3. The number of rotatable bonds is 4. The van der Waals surface area contributed by atoms with Crippen LogP contribution in [0.15, 0.2) is 24.3 Å². The molecule has 3 N–H and O–H groups in total. The standard InChI is InChI=1S/C16H24N2O2/c1-11(2)20-13-8-6-12(7-9-13)18-15(19)16(3)10-4-5-14(16)17/h6-9,11,14H,4-5,10,17H2,1-3H3,(H,18,19). The van der Waals surface area contributed by atoms with E-state index in [-0.39, 0.29) is 18.1 Å². The summed E-state index contributed by atoms with van der Waals surface area (Å²) in [5, 5.41) is 2.96. The van der Waals surface area contributed by atoms with E-state index in [0.717, 1.165) is 30.7 Å². The molecule has 1 aromatic carbocycles. The summed E-state index contributed by atoms with van der Waals surface area (Å²) in [7, 11) is 0. The third kappa shape index (κ3) is 3.12. The molecule has 0 bridgehead atoms. The van der Waals surface area contributed by atoms with Crippen molar-refractivity contribution in [1.82, 2.24) is 0 Å².